The zero-order valence-electron chi connectivity index (χ0n) is 16.9. The molecule has 1 aliphatic rings. The summed E-state index contributed by atoms with van der Waals surface area (Å²) >= 11 is 0. The van der Waals surface area contributed by atoms with Gasteiger partial charge in [-0.2, -0.15) is 0 Å². The minimum absolute atomic E-state index is 0.0568. The monoisotopic (exact) mass is 393 g/mol. The van der Waals surface area contributed by atoms with Crippen LogP contribution in [0, 0.1) is 0 Å². The molecule has 0 radical (unpaired) electrons. The Balaban J connectivity index is 1.67. The molecule has 1 heterocycles. The topological polar surface area (TPSA) is 78.5 Å². The minimum atomic E-state index is -0.280. The predicted octanol–water partition coefficient (Wildman–Crippen LogP) is 3.59. The fraction of sp³-hybridized carbons (Fsp3) is 0.348. The van der Waals surface area contributed by atoms with E-state index >= 15 is 0 Å². The summed E-state index contributed by atoms with van der Waals surface area (Å²) in [5, 5.41) is 5.76. The lowest BCUT2D eigenvalue weighted by Gasteiger charge is -2.16. The van der Waals surface area contributed by atoms with E-state index in [1.807, 2.05) is 30.9 Å². The Kier molecular flexibility index (Phi) is 6.65. The molecule has 6 nitrogen and oxygen atoms in total. The van der Waals surface area contributed by atoms with Crippen molar-refractivity contribution in [2.24, 2.45) is 0 Å². The number of benzene rings is 2. The van der Waals surface area contributed by atoms with Crippen LogP contribution in [0.3, 0.4) is 0 Å². The van der Waals surface area contributed by atoms with Crippen LogP contribution in [0.5, 0.6) is 0 Å². The summed E-state index contributed by atoms with van der Waals surface area (Å²) in [5.74, 6) is -0.308. The number of amides is 3. The second-order valence-electron chi connectivity index (χ2n) is 7.40. The first kappa shape index (κ1) is 20.6. The average molecular weight is 393 g/mol. The van der Waals surface area contributed by atoms with Gasteiger partial charge in [-0.15, -0.1) is 0 Å². The van der Waals surface area contributed by atoms with Crippen molar-refractivity contribution in [3.8, 4) is 0 Å². The lowest BCUT2D eigenvalue weighted by molar-refractivity contribution is -0.128. The van der Waals surface area contributed by atoms with Crippen molar-refractivity contribution in [2.75, 3.05) is 11.9 Å². The first-order chi connectivity index (χ1) is 14.0. The average Bonchev–Trinajstić information content (AvgIpc) is 3.13. The molecule has 0 aromatic heterocycles. The molecule has 2 aromatic rings. The first-order valence-electron chi connectivity index (χ1n) is 10.1. The van der Waals surface area contributed by atoms with Gasteiger partial charge in [-0.25, -0.2) is 0 Å². The van der Waals surface area contributed by atoms with Crippen molar-refractivity contribution in [2.45, 2.75) is 45.7 Å². The van der Waals surface area contributed by atoms with Gasteiger partial charge in [0.1, 0.15) is 0 Å². The van der Waals surface area contributed by atoms with E-state index in [-0.39, 0.29) is 23.8 Å². The Morgan fingerprint density at radius 2 is 1.79 bits per heavy atom. The van der Waals surface area contributed by atoms with E-state index < -0.39 is 0 Å². The number of nitrogens with one attached hydrogen (secondary N) is 2. The Hall–Kier alpha value is -3.15. The number of hydrogen-bond acceptors (Lipinski definition) is 3. The van der Waals surface area contributed by atoms with Crippen molar-refractivity contribution < 1.29 is 14.4 Å². The third kappa shape index (κ3) is 5.22. The van der Waals surface area contributed by atoms with E-state index in [9.17, 15) is 14.4 Å². The number of para-hydroxylation sites is 1. The van der Waals surface area contributed by atoms with Gasteiger partial charge in [0.15, 0.2) is 0 Å². The molecule has 1 fully saturated rings. The minimum Gasteiger partial charge on any atom is -0.350 e. The highest BCUT2D eigenvalue weighted by Gasteiger charge is 2.20. The smallest absolute Gasteiger partial charge is 0.255 e. The Labute approximate surface area is 171 Å². The van der Waals surface area contributed by atoms with Gasteiger partial charge in [0.25, 0.3) is 11.8 Å². The number of rotatable bonds is 7. The van der Waals surface area contributed by atoms with E-state index in [0.29, 0.717) is 29.8 Å². The molecular weight excluding hydrogens is 366 g/mol. The number of anilines is 1. The molecule has 6 heteroatoms. The molecule has 1 saturated heterocycles. The molecule has 0 bridgehead atoms. The SMILES string of the molecule is CC[C@H](C)NC(=O)c1ccccc1NC(=O)c1ccc(CN2CCCC2=O)cc1. The zero-order valence-corrected chi connectivity index (χ0v) is 16.9. The standard InChI is InChI=1S/C23H27N3O3/c1-3-16(2)24-23(29)19-7-4-5-8-20(19)25-22(28)18-12-10-17(11-13-18)15-26-14-6-9-21(26)27/h4-5,7-8,10-13,16H,3,6,9,14-15H2,1-2H3,(H,24,29)(H,25,28)/t16-/m0/s1. The Bertz CT molecular complexity index is 892. The van der Waals surface area contributed by atoms with E-state index in [1.54, 1.807) is 36.4 Å². The summed E-state index contributed by atoms with van der Waals surface area (Å²) < 4.78 is 0. The molecule has 3 amide bonds. The van der Waals surface area contributed by atoms with Crippen LogP contribution < -0.4 is 10.6 Å². The predicted molar refractivity (Wildman–Crippen MR) is 113 cm³/mol. The van der Waals surface area contributed by atoms with Gasteiger partial charge in [-0.1, -0.05) is 31.2 Å². The molecule has 29 heavy (non-hydrogen) atoms. The fourth-order valence-electron chi connectivity index (χ4n) is 3.24. The summed E-state index contributed by atoms with van der Waals surface area (Å²) in [4.78, 5) is 38.8. The van der Waals surface area contributed by atoms with Crippen LogP contribution in [0.15, 0.2) is 48.5 Å². The summed E-state index contributed by atoms with van der Waals surface area (Å²) in [5.41, 5.74) is 2.40. The van der Waals surface area contributed by atoms with E-state index in [4.69, 9.17) is 0 Å². The van der Waals surface area contributed by atoms with Crippen LogP contribution >= 0.6 is 0 Å². The van der Waals surface area contributed by atoms with Crippen LogP contribution in [0.25, 0.3) is 0 Å². The van der Waals surface area contributed by atoms with Crippen molar-refractivity contribution in [1.82, 2.24) is 10.2 Å². The number of hydrogen-bond donors (Lipinski definition) is 2. The highest BCUT2D eigenvalue weighted by Crippen LogP contribution is 2.18. The van der Waals surface area contributed by atoms with E-state index in [1.165, 1.54) is 0 Å². The first-order valence-corrected chi connectivity index (χ1v) is 10.1. The molecule has 3 rings (SSSR count). The number of carbonyl (C=O) groups excluding carboxylic acids is 3. The quantitative estimate of drug-likeness (QED) is 0.755. The van der Waals surface area contributed by atoms with Gasteiger partial charge in [0, 0.05) is 31.1 Å². The van der Waals surface area contributed by atoms with E-state index in [2.05, 4.69) is 10.6 Å². The van der Waals surface area contributed by atoms with Crippen molar-refractivity contribution in [3.05, 3.63) is 65.2 Å². The van der Waals surface area contributed by atoms with Gasteiger partial charge < -0.3 is 15.5 Å². The molecule has 0 saturated carbocycles. The van der Waals surface area contributed by atoms with Gasteiger partial charge >= 0.3 is 0 Å². The Morgan fingerprint density at radius 3 is 2.45 bits per heavy atom. The van der Waals surface area contributed by atoms with Crippen molar-refractivity contribution in [3.63, 3.8) is 0 Å². The molecule has 1 atom stereocenters. The summed E-state index contributed by atoms with van der Waals surface area (Å²) in [6.45, 7) is 5.30. The number of nitrogens with zero attached hydrogens (tertiary/aromatic N) is 1. The van der Waals surface area contributed by atoms with E-state index in [0.717, 1.165) is 24.9 Å². The second-order valence-corrected chi connectivity index (χ2v) is 7.40. The summed E-state index contributed by atoms with van der Waals surface area (Å²) in [7, 11) is 0. The lowest BCUT2D eigenvalue weighted by Crippen LogP contribution is -2.32. The van der Waals surface area contributed by atoms with Crippen LogP contribution in [0.4, 0.5) is 5.69 Å². The summed E-state index contributed by atoms with van der Waals surface area (Å²) in [6.07, 6.45) is 2.35. The highest BCUT2D eigenvalue weighted by molar-refractivity contribution is 6.09. The third-order valence-corrected chi connectivity index (χ3v) is 5.17. The molecule has 152 valence electrons. The van der Waals surface area contributed by atoms with Crippen LogP contribution in [-0.2, 0) is 11.3 Å². The van der Waals surface area contributed by atoms with Crippen molar-refractivity contribution in [1.29, 1.82) is 0 Å². The van der Waals surface area contributed by atoms with Gasteiger partial charge in [0.2, 0.25) is 5.91 Å². The van der Waals surface area contributed by atoms with Crippen LogP contribution in [-0.4, -0.2) is 35.2 Å². The summed E-state index contributed by atoms with van der Waals surface area (Å²) in [6, 6.07) is 14.2. The zero-order chi connectivity index (χ0) is 20.8. The lowest BCUT2D eigenvalue weighted by atomic mass is 10.1. The normalized spacial score (nSPS) is 14.6. The van der Waals surface area contributed by atoms with Gasteiger partial charge in [-0.3, -0.25) is 14.4 Å². The highest BCUT2D eigenvalue weighted by atomic mass is 16.2. The molecule has 0 aliphatic carbocycles. The second kappa shape index (κ2) is 9.37. The fourth-order valence-corrected chi connectivity index (χ4v) is 3.24. The maximum atomic E-state index is 12.7. The third-order valence-electron chi connectivity index (χ3n) is 5.17. The number of carbonyl (C=O) groups is 3. The molecule has 0 unspecified atom stereocenters. The van der Waals surface area contributed by atoms with Crippen LogP contribution in [0.2, 0.25) is 0 Å². The molecule has 0 spiro atoms. The van der Waals surface area contributed by atoms with Gasteiger partial charge in [-0.05, 0) is 49.6 Å². The van der Waals surface area contributed by atoms with Gasteiger partial charge in [0.05, 0.1) is 11.3 Å². The molecule has 2 N–H and O–H groups in total. The maximum Gasteiger partial charge on any atom is 0.255 e. The Morgan fingerprint density at radius 1 is 1.07 bits per heavy atom. The largest absolute Gasteiger partial charge is 0.350 e. The molecular formula is C23H27N3O3. The molecule has 1 aliphatic heterocycles. The molecule has 2 aromatic carbocycles. The van der Waals surface area contributed by atoms with Crippen molar-refractivity contribution >= 4 is 23.4 Å². The number of likely N-dealkylation sites (tertiary alicyclic amines) is 1. The van der Waals surface area contributed by atoms with Crippen LogP contribution in [0.1, 0.15) is 59.4 Å². The maximum absolute atomic E-state index is 12.7.